The number of benzene rings is 1. The van der Waals surface area contributed by atoms with Gasteiger partial charge in [0.2, 0.25) is 5.91 Å². The predicted molar refractivity (Wildman–Crippen MR) is 84.2 cm³/mol. The molecule has 1 aromatic carbocycles. The molecule has 3 heterocycles. The lowest BCUT2D eigenvalue weighted by Gasteiger charge is -2.22. The third-order valence-electron chi connectivity index (χ3n) is 5.14. The molecule has 2 bridgehead atoms. The van der Waals surface area contributed by atoms with Crippen LogP contribution in [0.1, 0.15) is 12.5 Å². The maximum Gasteiger partial charge on any atom is 0.416 e. The van der Waals surface area contributed by atoms with Crippen molar-refractivity contribution in [2.45, 2.75) is 24.8 Å². The second-order valence-corrected chi connectivity index (χ2v) is 6.62. The molecule has 5 nitrogen and oxygen atoms in total. The Morgan fingerprint density at radius 2 is 2.19 bits per heavy atom. The molecule has 26 heavy (non-hydrogen) atoms. The molecule has 0 radical (unpaired) electrons. The fourth-order valence-electron chi connectivity index (χ4n) is 4.07. The summed E-state index contributed by atoms with van der Waals surface area (Å²) in [5, 5.41) is 0. The number of hydrogen-bond donors (Lipinski definition) is 0. The molecule has 1 spiro atoms. The number of anilines is 1. The first-order valence-corrected chi connectivity index (χ1v) is 8.29. The highest BCUT2D eigenvalue weighted by atomic mass is 19.4. The van der Waals surface area contributed by atoms with E-state index in [0.29, 0.717) is 0 Å². The first-order chi connectivity index (χ1) is 12.3. The number of halogens is 3. The van der Waals surface area contributed by atoms with Gasteiger partial charge in [0.15, 0.2) is 0 Å². The number of fused-ring (bicyclic) bond motifs is 1. The van der Waals surface area contributed by atoms with E-state index < -0.39 is 47.2 Å². The van der Waals surface area contributed by atoms with Crippen molar-refractivity contribution in [2.24, 2.45) is 11.8 Å². The molecule has 1 aromatic rings. The van der Waals surface area contributed by atoms with Crippen LogP contribution in [-0.4, -0.2) is 36.7 Å². The monoisotopic (exact) mass is 367 g/mol. The lowest BCUT2D eigenvalue weighted by atomic mass is 9.77. The van der Waals surface area contributed by atoms with Crippen molar-refractivity contribution in [2.75, 3.05) is 18.1 Å². The highest BCUT2D eigenvalue weighted by molar-refractivity contribution is 6.02. The van der Waals surface area contributed by atoms with Gasteiger partial charge in [0, 0.05) is 5.69 Å². The van der Waals surface area contributed by atoms with Gasteiger partial charge in [-0.2, -0.15) is 13.2 Å². The molecule has 0 aliphatic carbocycles. The summed E-state index contributed by atoms with van der Waals surface area (Å²) >= 11 is 0. The molecule has 4 atom stereocenters. The fourth-order valence-corrected chi connectivity index (χ4v) is 4.07. The molecule has 0 unspecified atom stereocenters. The topological polar surface area (TPSA) is 55.8 Å². The summed E-state index contributed by atoms with van der Waals surface area (Å²) in [6.45, 7) is 1.92. The number of carbonyl (C=O) groups is 2. The van der Waals surface area contributed by atoms with E-state index in [2.05, 4.69) is 0 Å². The normalized spacial score (nSPS) is 32.2. The summed E-state index contributed by atoms with van der Waals surface area (Å²) < 4.78 is 49.9. The summed E-state index contributed by atoms with van der Waals surface area (Å²) in [5.41, 5.74) is -1.69. The Morgan fingerprint density at radius 1 is 1.42 bits per heavy atom. The number of ether oxygens (including phenoxy) is 2. The summed E-state index contributed by atoms with van der Waals surface area (Å²) in [6, 6.07) is 4.59. The van der Waals surface area contributed by atoms with E-state index in [9.17, 15) is 22.8 Å². The average Bonchev–Trinajstić information content (AvgIpc) is 3.23. The number of alkyl halides is 3. The van der Waals surface area contributed by atoms with E-state index in [-0.39, 0.29) is 18.8 Å². The maximum atomic E-state index is 13.0. The van der Waals surface area contributed by atoms with E-state index in [1.54, 1.807) is 19.1 Å². The molecule has 0 saturated carbocycles. The Morgan fingerprint density at radius 3 is 2.88 bits per heavy atom. The van der Waals surface area contributed by atoms with E-state index in [1.165, 1.54) is 17.0 Å². The molecule has 1 amide bonds. The first-order valence-electron chi connectivity index (χ1n) is 8.29. The Bertz CT molecular complexity index is 806. The molecule has 0 aromatic heterocycles. The highest BCUT2D eigenvalue weighted by Gasteiger charge is 2.67. The van der Waals surface area contributed by atoms with E-state index in [0.717, 1.165) is 12.1 Å². The van der Waals surface area contributed by atoms with Gasteiger partial charge in [-0.3, -0.25) is 9.59 Å². The zero-order valence-electron chi connectivity index (χ0n) is 13.8. The van der Waals surface area contributed by atoms with Crippen molar-refractivity contribution in [1.29, 1.82) is 0 Å². The Kier molecular flexibility index (Phi) is 3.66. The third kappa shape index (κ3) is 2.35. The lowest BCUT2D eigenvalue weighted by Crippen LogP contribution is -2.40. The largest absolute Gasteiger partial charge is 0.466 e. The molecular weight excluding hydrogens is 351 g/mol. The van der Waals surface area contributed by atoms with Crippen LogP contribution in [0.3, 0.4) is 0 Å². The van der Waals surface area contributed by atoms with Crippen molar-refractivity contribution in [3.05, 3.63) is 42.0 Å². The zero-order valence-corrected chi connectivity index (χ0v) is 13.8. The molecule has 3 aliphatic rings. The number of hydrogen-bond acceptors (Lipinski definition) is 4. The van der Waals surface area contributed by atoms with Gasteiger partial charge in [0.25, 0.3) is 0 Å². The van der Waals surface area contributed by atoms with Gasteiger partial charge in [0.1, 0.15) is 11.5 Å². The van der Waals surface area contributed by atoms with E-state index in [4.69, 9.17) is 9.47 Å². The van der Waals surface area contributed by atoms with Gasteiger partial charge in [-0.1, -0.05) is 18.2 Å². The second kappa shape index (κ2) is 5.57. The lowest BCUT2D eigenvalue weighted by molar-refractivity contribution is -0.151. The molecular formula is C18H16F3NO4. The van der Waals surface area contributed by atoms with Crippen molar-refractivity contribution in [1.82, 2.24) is 0 Å². The molecule has 3 aliphatic heterocycles. The van der Waals surface area contributed by atoms with Gasteiger partial charge >= 0.3 is 12.1 Å². The molecule has 4 rings (SSSR count). The molecule has 0 N–H and O–H groups in total. The van der Waals surface area contributed by atoms with Gasteiger partial charge < -0.3 is 14.4 Å². The Hall–Kier alpha value is -2.35. The number of nitrogens with zero attached hydrogens (tertiary/aromatic N) is 1. The van der Waals surface area contributed by atoms with Crippen molar-refractivity contribution < 1.29 is 32.2 Å². The quantitative estimate of drug-likeness (QED) is 0.609. The van der Waals surface area contributed by atoms with Crippen LogP contribution in [0.4, 0.5) is 18.9 Å². The van der Waals surface area contributed by atoms with Crippen LogP contribution < -0.4 is 4.90 Å². The molecule has 138 valence electrons. The van der Waals surface area contributed by atoms with Gasteiger partial charge in [-0.25, -0.2) is 0 Å². The number of carbonyl (C=O) groups excluding carboxylic acids is 2. The Balaban J connectivity index is 1.68. The van der Waals surface area contributed by atoms with Crippen molar-refractivity contribution >= 4 is 17.6 Å². The van der Waals surface area contributed by atoms with Gasteiger partial charge in [-0.15, -0.1) is 0 Å². The summed E-state index contributed by atoms with van der Waals surface area (Å²) in [4.78, 5) is 26.5. The second-order valence-electron chi connectivity index (χ2n) is 6.62. The van der Waals surface area contributed by atoms with Crippen LogP contribution in [0, 0.1) is 11.8 Å². The first kappa shape index (κ1) is 17.1. The van der Waals surface area contributed by atoms with Crippen LogP contribution >= 0.6 is 0 Å². The van der Waals surface area contributed by atoms with E-state index >= 15 is 0 Å². The van der Waals surface area contributed by atoms with E-state index in [1.807, 2.05) is 0 Å². The Labute approximate surface area is 147 Å². The molecule has 8 heteroatoms. The molecule has 2 fully saturated rings. The van der Waals surface area contributed by atoms with Crippen LogP contribution in [0.2, 0.25) is 0 Å². The zero-order chi connectivity index (χ0) is 18.7. The number of amides is 1. The van der Waals surface area contributed by atoms with Crippen LogP contribution in [0.25, 0.3) is 0 Å². The minimum atomic E-state index is -4.50. The summed E-state index contributed by atoms with van der Waals surface area (Å²) in [6.07, 6.45) is -1.58. The van der Waals surface area contributed by atoms with Crippen LogP contribution in [0.5, 0.6) is 0 Å². The van der Waals surface area contributed by atoms with Crippen molar-refractivity contribution in [3.63, 3.8) is 0 Å². The SMILES string of the molecule is CCOC(=O)[C@@H]1[C@H]2C(=O)N(c3cccc(C(F)(F)F)c3)C[C@]23C=C[C@H]1O3. The average molecular weight is 367 g/mol. The smallest absolute Gasteiger partial charge is 0.416 e. The van der Waals surface area contributed by atoms with Crippen LogP contribution in [-0.2, 0) is 25.2 Å². The van der Waals surface area contributed by atoms with Gasteiger partial charge in [0.05, 0.1) is 30.7 Å². The standard InChI is InChI=1S/C18H16F3NO4/c1-2-25-16(24)13-12-6-7-17(26-12)9-22(15(23)14(13)17)11-5-3-4-10(8-11)18(19,20)21/h3-8,12-14H,2,9H2,1H3/t12-,13+,14+,17-/m1/s1. The minimum Gasteiger partial charge on any atom is -0.466 e. The third-order valence-corrected chi connectivity index (χ3v) is 5.14. The maximum absolute atomic E-state index is 13.0. The fraction of sp³-hybridized carbons (Fsp3) is 0.444. The molecule has 2 saturated heterocycles. The van der Waals surface area contributed by atoms with Crippen LogP contribution in [0.15, 0.2) is 36.4 Å². The highest BCUT2D eigenvalue weighted by Crippen LogP contribution is 2.53. The summed E-state index contributed by atoms with van der Waals surface area (Å²) in [7, 11) is 0. The predicted octanol–water partition coefficient (Wildman–Crippen LogP) is 2.55. The number of esters is 1. The minimum absolute atomic E-state index is 0.0702. The van der Waals surface area contributed by atoms with Crippen molar-refractivity contribution in [3.8, 4) is 0 Å². The number of rotatable bonds is 3. The summed E-state index contributed by atoms with van der Waals surface area (Å²) in [5.74, 6) is -2.50. The van der Waals surface area contributed by atoms with Gasteiger partial charge in [-0.05, 0) is 25.1 Å².